The first-order chi connectivity index (χ1) is 18.0. The molecule has 0 bridgehead atoms. The molecule has 1 aromatic heterocycles. The molecule has 5 rings (SSSR count). The number of aromatic nitrogens is 1. The molecular weight excluding hydrogens is 514 g/mol. The Bertz CT molecular complexity index is 1160. The van der Waals surface area contributed by atoms with Gasteiger partial charge in [0.1, 0.15) is 0 Å². The lowest BCUT2D eigenvalue weighted by molar-refractivity contribution is -0.120. The second-order valence-corrected chi connectivity index (χ2v) is 12.4. The number of thiazole rings is 1. The third-order valence-corrected chi connectivity index (χ3v) is 9.37. The van der Waals surface area contributed by atoms with Crippen LogP contribution in [0.4, 0.5) is 5.13 Å². The van der Waals surface area contributed by atoms with Crippen LogP contribution in [0.15, 0.2) is 40.5 Å². The highest BCUT2D eigenvalue weighted by molar-refractivity contribution is 7.86. The van der Waals surface area contributed by atoms with Crippen molar-refractivity contribution >= 4 is 45.3 Å². The standard InChI is InChI=1S/C25H31N5O5S2/c1-17-13-29(16-31)9-10-30(17)14-20-12-26-25(36-20)27-24(32)23(28-35-19-8-11-34-15-19)18-2-4-21(5-3-18)37(33)22-6-7-22/h2-5,12,16-17,19,22H,6-11,13-15H2,1H3,(H,26,27,32)/b28-23+/t17-,19+,37?/m0/s1. The average molecular weight is 546 g/mol. The number of hydrogen-bond donors (Lipinski definition) is 1. The minimum Gasteiger partial charge on any atom is -0.389 e. The van der Waals surface area contributed by atoms with E-state index in [1.54, 1.807) is 35.4 Å². The number of anilines is 1. The van der Waals surface area contributed by atoms with Gasteiger partial charge in [0.2, 0.25) is 6.41 Å². The Morgan fingerprint density at radius 2 is 2.11 bits per heavy atom. The number of piperazine rings is 1. The molecule has 3 atom stereocenters. The van der Waals surface area contributed by atoms with E-state index in [2.05, 4.69) is 27.3 Å². The van der Waals surface area contributed by atoms with Gasteiger partial charge in [-0.2, -0.15) is 0 Å². The molecule has 1 saturated carbocycles. The lowest BCUT2D eigenvalue weighted by Gasteiger charge is -2.37. The maximum atomic E-state index is 13.3. The number of carbonyl (C=O) groups excluding carboxylic acids is 2. The van der Waals surface area contributed by atoms with Gasteiger partial charge in [-0.05, 0) is 31.9 Å². The van der Waals surface area contributed by atoms with Crippen LogP contribution in [-0.2, 0) is 36.5 Å². The second kappa shape index (κ2) is 11.8. The highest BCUT2D eigenvalue weighted by atomic mass is 32.2. The van der Waals surface area contributed by atoms with Crippen LogP contribution in [-0.4, -0.2) is 87.3 Å². The number of ether oxygens (including phenoxy) is 1. The van der Waals surface area contributed by atoms with Crippen LogP contribution in [0.25, 0.3) is 0 Å². The lowest BCUT2D eigenvalue weighted by atomic mass is 10.1. The first-order valence-electron chi connectivity index (χ1n) is 12.5. The number of rotatable bonds is 10. The Labute approximate surface area is 222 Å². The van der Waals surface area contributed by atoms with Gasteiger partial charge in [0.15, 0.2) is 16.9 Å². The molecule has 0 spiro atoms. The van der Waals surface area contributed by atoms with Crippen molar-refractivity contribution in [3.8, 4) is 0 Å². The lowest BCUT2D eigenvalue weighted by Crippen LogP contribution is -2.50. The summed E-state index contributed by atoms with van der Waals surface area (Å²) in [5, 5.41) is 7.78. The summed E-state index contributed by atoms with van der Waals surface area (Å²) in [4.78, 5) is 40.2. The summed E-state index contributed by atoms with van der Waals surface area (Å²) in [6.45, 7) is 6.04. The Hall–Kier alpha value is -2.67. The van der Waals surface area contributed by atoms with Crippen molar-refractivity contribution < 1.29 is 23.4 Å². The van der Waals surface area contributed by atoms with Gasteiger partial charge in [0.05, 0.1) is 24.0 Å². The Kier molecular flexibility index (Phi) is 8.28. The third kappa shape index (κ3) is 6.61. The van der Waals surface area contributed by atoms with E-state index in [1.807, 2.05) is 0 Å². The molecule has 10 nitrogen and oxygen atoms in total. The van der Waals surface area contributed by atoms with Crippen molar-refractivity contribution in [1.29, 1.82) is 0 Å². The number of amides is 2. The smallest absolute Gasteiger partial charge is 0.280 e. The summed E-state index contributed by atoms with van der Waals surface area (Å²) in [5.41, 5.74) is 0.706. The van der Waals surface area contributed by atoms with Gasteiger partial charge in [-0.1, -0.05) is 17.3 Å². The molecule has 2 aromatic rings. The van der Waals surface area contributed by atoms with E-state index in [4.69, 9.17) is 9.57 Å². The molecule has 3 heterocycles. The van der Waals surface area contributed by atoms with Crippen LogP contribution < -0.4 is 5.32 Å². The van der Waals surface area contributed by atoms with Gasteiger partial charge in [-0.15, -0.1) is 11.3 Å². The molecule has 2 aliphatic heterocycles. The van der Waals surface area contributed by atoms with Crippen LogP contribution in [0.1, 0.15) is 36.6 Å². The van der Waals surface area contributed by atoms with E-state index in [-0.39, 0.29) is 23.1 Å². The van der Waals surface area contributed by atoms with Crippen LogP contribution in [0, 0.1) is 0 Å². The number of benzene rings is 1. The maximum absolute atomic E-state index is 13.3. The predicted octanol–water partition coefficient (Wildman–Crippen LogP) is 2.22. The van der Waals surface area contributed by atoms with E-state index in [1.165, 1.54) is 11.3 Å². The normalized spacial score (nSPS) is 23.6. The zero-order chi connectivity index (χ0) is 25.8. The minimum atomic E-state index is -1.02. The SMILES string of the molecule is C[C@H]1CN(C=O)CCN1Cc1cnc(NC(=O)/C(=N/O[C@@H]2CCOC2)c2ccc(S(=O)C3CC3)cc2)s1. The molecule has 198 valence electrons. The zero-order valence-electron chi connectivity index (χ0n) is 20.7. The van der Waals surface area contributed by atoms with Crippen LogP contribution in [0.3, 0.4) is 0 Å². The fourth-order valence-electron chi connectivity index (χ4n) is 4.32. The summed E-state index contributed by atoms with van der Waals surface area (Å²) < 4.78 is 17.8. The number of hydrogen-bond acceptors (Lipinski definition) is 9. The van der Waals surface area contributed by atoms with Crippen molar-refractivity contribution in [2.75, 3.05) is 38.2 Å². The molecule has 12 heteroatoms. The summed E-state index contributed by atoms with van der Waals surface area (Å²) in [6.07, 6.45) is 5.17. The van der Waals surface area contributed by atoms with Crippen molar-refractivity contribution in [1.82, 2.24) is 14.8 Å². The zero-order valence-corrected chi connectivity index (χ0v) is 22.3. The fraction of sp³-hybridized carbons (Fsp3) is 0.520. The highest BCUT2D eigenvalue weighted by Crippen LogP contribution is 2.30. The van der Waals surface area contributed by atoms with Crippen molar-refractivity contribution in [2.45, 2.75) is 55.0 Å². The van der Waals surface area contributed by atoms with E-state index < -0.39 is 16.7 Å². The summed E-state index contributed by atoms with van der Waals surface area (Å²) >= 11 is 1.41. The molecule has 3 fully saturated rings. The van der Waals surface area contributed by atoms with Gasteiger partial charge in [-0.25, -0.2) is 4.98 Å². The maximum Gasteiger partial charge on any atom is 0.280 e. The van der Waals surface area contributed by atoms with Crippen LogP contribution in [0.5, 0.6) is 0 Å². The molecule has 1 unspecified atom stereocenters. The van der Waals surface area contributed by atoms with Crippen LogP contribution >= 0.6 is 11.3 Å². The number of nitrogens with zero attached hydrogens (tertiary/aromatic N) is 4. The largest absolute Gasteiger partial charge is 0.389 e. The summed E-state index contributed by atoms with van der Waals surface area (Å²) in [5.74, 6) is -0.427. The quantitative estimate of drug-likeness (QED) is 0.277. The number of oxime groups is 1. The van der Waals surface area contributed by atoms with Crippen molar-refractivity contribution in [3.05, 3.63) is 40.9 Å². The monoisotopic (exact) mass is 545 g/mol. The van der Waals surface area contributed by atoms with E-state index in [9.17, 15) is 13.8 Å². The topological polar surface area (TPSA) is 113 Å². The summed E-state index contributed by atoms with van der Waals surface area (Å²) in [7, 11) is -1.02. The molecular formula is C25H31N5O5S2. The van der Waals surface area contributed by atoms with E-state index in [0.29, 0.717) is 50.0 Å². The van der Waals surface area contributed by atoms with Gasteiger partial charge in [0.25, 0.3) is 5.91 Å². The van der Waals surface area contributed by atoms with Crippen molar-refractivity contribution in [3.63, 3.8) is 0 Å². The minimum absolute atomic E-state index is 0.131. The Morgan fingerprint density at radius 1 is 1.30 bits per heavy atom. The molecule has 2 amide bonds. The molecule has 1 aromatic carbocycles. The first kappa shape index (κ1) is 26.0. The average Bonchev–Trinajstić information content (AvgIpc) is 3.45. The fourth-order valence-corrected chi connectivity index (χ4v) is 6.51. The van der Waals surface area contributed by atoms with E-state index in [0.717, 1.165) is 35.6 Å². The van der Waals surface area contributed by atoms with Crippen molar-refractivity contribution in [2.24, 2.45) is 5.16 Å². The molecule has 0 radical (unpaired) electrons. The molecule has 1 N–H and O–H groups in total. The molecule has 1 aliphatic carbocycles. The van der Waals surface area contributed by atoms with E-state index >= 15 is 0 Å². The highest BCUT2D eigenvalue weighted by Gasteiger charge is 2.29. The first-order valence-corrected chi connectivity index (χ1v) is 14.5. The van der Waals surface area contributed by atoms with Crippen LogP contribution in [0.2, 0.25) is 0 Å². The molecule has 2 saturated heterocycles. The van der Waals surface area contributed by atoms with Gasteiger partial charge >= 0.3 is 0 Å². The Morgan fingerprint density at radius 3 is 2.78 bits per heavy atom. The number of nitrogens with one attached hydrogen (secondary N) is 1. The second-order valence-electron chi connectivity index (χ2n) is 9.56. The van der Waals surface area contributed by atoms with Gasteiger partial charge in [-0.3, -0.25) is 24.0 Å². The Balaban J connectivity index is 1.26. The third-order valence-electron chi connectivity index (χ3n) is 6.66. The summed E-state index contributed by atoms with van der Waals surface area (Å²) in [6, 6.07) is 7.34. The molecule has 3 aliphatic rings. The van der Waals surface area contributed by atoms with Gasteiger partial charge < -0.3 is 14.5 Å². The number of carbonyl (C=O) groups is 2. The predicted molar refractivity (Wildman–Crippen MR) is 141 cm³/mol. The molecule has 37 heavy (non-hydrogen) atoms. The van der Waals surface area contributed by atoms with Gasteiger partial charge in [0, 0.05) is 65.4 Å².